The van der Waals surface area contributed by atoms with Crippen LogP contribution in [0.1, 0.15) is 32.1 Å². The number of aliphatic hydroxyl groups is 1. The second-order valence-corrected chi connectivity index (χ2v) is 7.26. The third-order valence-electron chi connectivity index (χ3n) is 4.41. The van der Waals surface area contributed by atoms with E-state index >= 15 is 0 Å². The summed E-state index contributed by atoms with van der Waals surface area (Å²) in [6, 6.07) is 0.539. The van der Waals surface area contributed by atoms with Gasteiger partial charge in [0.2, 0.25) is 5.91 Å². The predicted molar refractivity (Wildman–Crippen MR) is 79.4 cm³/mol. The van der Waals surface area contributed by atoms with Crippen LogP contribution < -0.4 is 0 Å². The lowest BCUT2D eigenvalue weighted by atomic mass is 10.0. The summed E-state index contributed by atoms with van der Waals surface area (Å²) in [6.07, 6.45) is 5.01. The largest absolute Gasteiger partial charge is 0.388 e. The molecule has 1 atom stereocenters. The SMILES string of the molecule is CN(CC1(O)CCCC1)C(=O)CN(C)C1CCSC1. The van der Waals surface area contributed by atoms with Crippen molar-refractivity contribution in [1.82, 2.24) is 9.80 Å². The molecule has 0 aromatic heterocycles. The van der Waals surface area contributed by atoms with Crippen molar-refractivity contribution in [3.63, 3.8) is 0 Å². The van der Waals surface area contributed by atoms with Gasteiger partial charge >= 0.3 is 0 Å². The number of carbonyl (C=O) groups excluding carboxylic acids is 1. The third kappa shape index (κ3) is 4.10. The number of nitrogens with zero attached hydrogens (tertiary/aromatic N) is 2. The van der Waals surface area contributed by atoms with E-state index in [2.05, 4.69) is 4.90 Å². The summed E-state index contributed by atoms with van der Waals surface area (Å²) in [7, 11) is 3.85. The van der Waals surface area contributed by atoms with Crippen molar-refractivity contribution in [2.24, 2.45) is 0 Å². The van der Waals surface area contributed by atoms with Crippen LogP contribution in [0.4, 0.5) is 0 Å². The highest BCUT2D eigenvalue weighted by atomic mass is 32.2. The summed E-state index contributed by atoms with van der Waals surface area (Å²) < 4.78 is 0. The van der Waals surface area contributed by atoms with E-state index in [9.17, 15) is 9.90 Å². The molecule has 1 saturated carbocycles. The first-order chi connectivity index (χ1) is 9.00. The molecule has 0 aromatic rings. The Balaban J connectivity index is 1.78. The number of rotatable bonds is 5. The molecule has 0 radical (unpaired) electrons. The zero-order valence-corrected chi connectivity index (χ0v) is 12.9. The second kappa shape index (κ2) is 6.46. The van der Waals surface area contributed by atoms with Crippen molar-refractivity contribution in [3.8, 4) is 0 Å². The molecule has 2 aliphatic rings. The van der Waals surface area contributed by atoms with Gasteiger partial charge in [-0.25, -0.2) is 0 Å². The summed E-state index contributed by atoms with van der Waals surface area (Å²) >= 11 is 1.96. The van der Waals surface area contributed by atoms with Crippen LogP contribution in [0, 0.1) is 0 Å². The van der Waals surface area contributed by atoms with E-state index < -0.39 is 5.60 Å². The van der Waals surface area contributed by atoms with Crippen LogP contribution in [-0.4, -0.2) is 71.1 Å². The molecule has 0 aromatic carbocycles. The van der Waals surface area contributed by atoms with Crippen molar-refractivity contribution in [2.75, 3.05) is 38.7 Å². The molecule has 1 heterocycles. The zero-order valence-electron chi connectivity index (χ0n) is 12.1. The van der Waals surface area contributed by atoms with Crippen LogP contribution in [0.3, 0.4) is 0 Å². The molecule has 1 saturated heterocycles. The quantitative estimate of drug-likeness (QED) is 0.824. The van der Waals surface area contributed by atoms with Gasteiger partial charge in [0.05, 0.1) is 12.1 Å². The third-order valence-corrected chi connectivity index (χ3v) is 5.55. The summed E-state index contributed by atoms with van der Waals surface area (Å²) in [5.74, 6) is 2.47. The fraction of sp³-hybridized carbons (Fsp3) is 0.929. The Hall–Kier alpha value is -0.260. The molecular weight excluding hydrogens is 260 g/mol. The Labute approximate surface area is 120 Å². The highest BCUT2D eigenvalue weighted by molar-refractivity contribution is 7.99. The molecule has 2 rings (SSSR count). The van der Waals surface area contributed by atoms with Gasteiger partial charge in [0, 0.05) is 25.4 Å². The van der Waals surface area contributed by atoms with Crippen molar-refractivity contribution in [2.45, 2.75) is 43.7 Å². The molecule has 4 nitrogen and oxygen atoms in total. The van der Waals surface area contributed by atoms with Crippen LogP contribution in [-0.2, 0) is 4.79 Å². The van der Waals surface area contributed by atoms with E-state index in [1.807, 2.05) is 25.9 Å². The van der Waals surface area contributed by atoms with Gasteiger partial charge in [0.1, 0.15) is 0 Å². The molecule has 0 bridgehead atoms. The Morgan fingerprint density at radius 3 is 2.63 bits per heavy atom. The number of carbonyl (C=O) groups is 1. The molecule has 1 N–H and O–H groups in total. The number of amides is 1. The van der Waals surface area contributed by atoms with Gasteiger partial charge in [-0.3, -0.25) is 9.69 Å². The van der Waals surface area contributed by atoms with Gasteiger partial charge in [-0.2, -0.15) is 11.8 Å². The van der Waals surface area contributed by atoms with Crippen molar-refractivity contribution in [3.05, 3.63) is 0 Å². The van der Waals surface area contributed by atoms with Crippen molar-refractivity contribution in [1.29, 1.82) is 0 Å². The summed E-state index contributed by atoms with van der Waals surface area (Å²) in [4.78, 5) is 16.1. The average Bonchev–Trinajstić information content (AvgIpc) is 3.00. The van der Waals surface area contributed by atoms with Crippen LogP contribution in [0.15, 0.2) is 0 Å². The Morgan fingerprint density at radius 1 is 1.37 bits per heavy atom. The van der Waals surface area contributed by atoms with Gasteiger partial charge in [0.25, 0.3) is 0 Å². The fourth-order valence-electron chi connectivity index (χ4n) is 3.05. The first kappa shape index (κ1) is 15.1. The maximum absolute atomic E-state index is 12.2. The highest BCUT2D eigenvalue weighted by Gasteiger charge is 2.33. The van der Waals surface area contributed by atoms with Gasteiger partial charge in [0.15, 0.2) is 0 Å². The summed E-state index contributed by atoms with van der Waals surface area (Å²) in [5.41, 5.74) is -0.633. The standard InChI is InChI=1S/C14H26N2O2S/c1-15(12-5-8-19-10-12)9-13(17)16(2)11-14(18)6-3-4-7-14/h12,18H,3-11H2,1-2H3. The number of hydrogen-bond donors (Lipinski definition) is 1. The first-order valence-corrected chi connectivity index (χ1v) is 8.40. The minimum atomic E-state index is -0.633. The molecule has 1 amide bonds. The monoisotopic (exact) mass is 286 g/mol. The molecule has 19 heavy (non-hydrogen) atoms. The highest BCUT2D eigenvalue weighted by Crippen LogP contribution is 2.30. The van der Waals surface area contributed by atoms with Gasteiger partial charge in [-0.05, 0) is 32.1 Å². The molecule has 2 fully saturated rings. The maximum Gasteiger partial charge on any atom is 0.236 e. The van der Waals surface area contributed by atoms with Gasteiger partial charge in [-0.1, -0.05) is 12.8 Å². The van der Waals surface area contributed by atoms with Gasteiger partial charge < -0.3 is 10.0 Å². The van der Waals surface area contributed by atoms with Crippen molar-refractivity contribution >= 4 is 17.7 Å². The lowest BCUT2D eigenvalue weighted by molar-refractivity contribution is -0.134. The molecule has 0 spiro atoms. The molecular formula is C14H26N2O2S. The molecule has 1 aliphatic carbocycles. The normalized spacial score (nSPS) is 26.0. The van der Waals surface area contributed by atoms with E-state index in [0.29, 0.717) is 19.1 Å². The number of thioether (sulfide) groups is 1. The molecule has 1 unspecified atom stereocenters. The second-order valence-electron chi connectivity index (χ2n) is 6.11. The van der Waals surface area contributed by atoms with Crippen LogP contribution in [0.25, 0.3) is 0 Å². The molecule has 110 valence electrons. The van der Waals surface area contributed by atoms with E-state index in [4.69, 9.17) is 0 Å². The van der Waals surface area contributed by atoms with E-state index in [1.54, 1.807) is 4.90 Å². The fourth-order valence-corrected chi connectivity index (χ4v) is 4.35. The summed E-state index contributed by atoms with van der Waals surface area (Å²) in [6.45, 7) is 0.955. The van der Waals surface area contributed by atoms with E-state index in [0.717, 1.165) is 31.4 Å². The topological polar surface area (TPSA) is 43.8 Å². The lowest BCUT2D eigenvalue weighted by Gasteiger charge is -2.31. The van der Waals surface area contributed by atoms with Crippen LogP contribution in [0.5, 0.6) is 0 Å². The Morgan fingerprint density at radius 2 is 2.05 bits per heavy atom. The van der Waals surface area contributed by atoms with Crippen LogP contribution >= 0.6 is 11.8 Å². The number of hydrogen-bond acceptors (Lipinski definition) is 4. The molecule has 5 heteroatoms. The Bertz CT molecular complexity index is 313. The molecule has 1 aliphatic heterocycles. The van der Waals surface area contributed by atoms with E-state index in [-0.39, 0.29) is 5.91 Å². The predicted octanol–water partition coefficient (Wildman–Crippen LogP) is 1.19. The smallest absolute Gasteiger partial charge is 0.236 e. The first-order valence-electron chi connectivity index (χ1n) is 7.24. The average molecular weight is 286 g/mol. The van der Waals surface area contributed by atoms with Crippen LogP contribution in [0.2, 0.25) is 0 Å². The minimum absolute atomic E-state index is 0.125. The minimum Gasteiger partial charge on any atom is -0.388 e. The summed E-state index contributed by atoms with van der Waals surface area (Å²) in [5, 5.41) is 10.3. The Kier molecular flexibility index (Phi) is 5.15. The zero-order chi connectivity index (χ0) is 13.9. The van der Waals surface area contributed by atoms with Gasteiger partial charge in [-0.15, -0.1) is 0 Å². The lowest BCUT2D eigenvalue weighted by Crippen LogP contribution is -2.46. The number of likely N-dealkylation sites (N-methyl/N-ethyl adjacent to an activating group) is 2. The maximum atomic E-state index is 12.2. The van der Waals surface area contributed by atoms with Crippen molar-refractivity contribution < 1.29 is 9.90 Å². The van der Waals surface area contributed by atoms with E-state index in [1.165, 1.54) is 12.2 Å².